The van der Waals surface area contributed by atoms with E-state index in [2.05, 4.69) is 20.2 Å². The molecule has 8 heteroatoms. The number of nitrogens with two attached hydrogens (primary N) is 1. The first-order valence-corrected chi connectivity index (χ1v) is 8.29. The average molecular weight is 345 g/mol. The van der Waals surface area contributed by atoms with Crippen LogP contribution in [0.25, 0.3) is 22.1 Å². The van der Waals surface area contributed by atoms with E-state index in [1.54, 1.807) is 25.6 Å². The zero-order chi connectivity index (χ0) is 17.1. The minimum Gasteiger partial charge on any atom is -0.493 e. The number of methoxy groups -OCH3 is 2. The number of aromatic nitrogens is 4. The number of nitrogens with zero attached hydrogens (tertiary/aromatic N) is 3. The molecule has 0 atom stereocenters. The predicted molar refractivity (Wildman–Crippen MR) is 93.5 cm³/mol. The van der Waals surface area contributed by atoms with E-state index in [-0.39, 0.29) is 0 Å². The van der Waals surface area contributed by atoms with Gasteiger partial charge in [-0.2, -0.15) is 5.10 Å². The van der Waals surface area contributed by atoms with Crippen molar-refractivity contribution in [3.8, 4) is 33.6 Å². The SMILES string of the molecule is COc1ccc(-c2n[nH]c(-c3sc(CCN)nc3C)n2)cc1OC. The number of nitrogens with one attached hydrogen (secondary N) is 1. The standard InChI is InChI=1S/C16H19N5O2S/c1-9-14(24-13(18-9)6-7-17)16-19-15(20-21-16)10-4-5-11(22-2)12(8-10)23-3/h4-5,8H,6-7,17H2,1-3H3,(H,19,20,21). The maximum Gasteiger partial charge on any atom is 0.181 e. The van der Waals surface area contributed by atoms with E-state index in [1.807, 2.05) is 25.1 Å². The second kappa shape index (κ2) is 6.98. The van der Waals surface area contributed by atoms with Crippen LogP contribution < -0.4 is 15.2 Å². The van der Waals surface area contributed by atoms with Crippen LogP contribution in [0.15, 0.2) is 18.2 Å². The van der Waals surface area contributed by atoms with Gasteiger partial charge in [-0.25, -0.2) is 9.97 Å². The molecule has 126 valence electrons. The van der Waals surface area contributed by atoms with Crippen LogP contribution in [-0.2, 0) is 6.42 Å². The lowest BCUT2D eigenvalue weighted by molar-refractivity contribution is 0.355. The molecule has 0 spiro atoms. The van der Waals surface area contributed by atoms with Crippen LogP contribution in [0.5, 0.6) is 11.5 Å². The number of rotatable bonds is 6. The molecule has 3 rings (SSSR count). The fourth-order valence-electron chi connectivity index (χ4n) is 2.37. The van der Waals surface area contributed by atoms with Gasteiger partial charge >= 0.3 is 0 Å². The van der Waals surface area contributed by atoms with Crippen molar-refractivity contribution >= 4 is 11.3 Å². The number of aromatic amines is 1. The number of H-pyrrole nitrogens is 1. The second-order valence-electron chi connectivity index (χ2n) is 5.14. The van der Waals surface area contributed by atoms with Gasteiger partial charge in [0.2, 0.25) is 0 Å². The summed E-state index contributed by atoms with van der Waals surface area (Å²) in [5.41, 5.74) is 7.37. The quantitative estimate of drug-likeness (QED) is 0.712. The van der Waals surface area contributed by atoms with Gasteiger partial charge in [0.1, 0.15) is 0 Å². The van der Waals surface area contributed by atoms with Crippen molar-refractivity contribution < 1.29 is 9.47 Å². The van der Waals surface area contributed by atoms with Crippen LogP contribution in [0, 0.1) is 6.92 Å². The fraction of sp³-hybridized carbons (Fsp3) is 0.312. The van der Waals surface area contributed by atoms with Crippen LogP contribution >= 0.6 is 11.3 Å². The fourth-order valence-corrected chi connectivity index (χ4v) is 3.39. The normalized spacial score (nSPS) is 10.8. The van der Waals surface area contributed by atoms with Crippen LogP contribution in [0.4, 0.5) is 0 Å². The molecule has 0 saturated carbocycles. The van der Waals surface area contributed by atoms with Crippen molar-refractivity contribution in [3.63, 3.8) is 0 Å². The molecule has 0 aliphatic rings. The van der Waals surface area contributed by atoms with Crippen LogP contribution in [0.1, 0.15) is 10.7 Å². The molecule has 0 bridgehead atoms. The molecule has 3 N–H and O–H groups in total. The minimum absolute atomic E-state index is 0.583. The highest BCUT2D eigenvalue weighted by molar-refractivity contribution is 7.15. The van der Waals surface area contributed by atoms with Gasteiger partial charge in [0.05, 0.1) is 29.8 Å². The number of thiazole rings is 1. The minimum atomic E-state index is 0.583. The molecule has 0 aliphatic carbocycles. The van der Waals surface area contributed by atoms with Gasteiger partial charge < -0.3 is 15.2 Å². The third kappa shape index (κ3) is 3.10. The van der Waals surface area contributed by atoms with E-state index in [0.29, 0.717) is 29.7 Å². The maximum absolute atomic E-state index is 5.60. The molecule has 2 heterocycles. The number of ether oxygens (including phenoxy) is 2. The van der Waals surface area contributed by atoms with Crippen molar-refractivity contribution in [1.82, 2.24) is 20.2 Å². The Labute approximate surface area is 143 Å². The first-order chi connectivity index (χ1) is 11.7. The van der Waals surface area contributed by atoms with Gasteiger partial charge in [-0.3, -0.25) is 5.10 Å². The smallest absolute Gasteiger partial charge is 0.181 e. The van der Waals surface area contributed by atoms with E-state index < -0.39 is 0 Å². The van der Waals surface area contributed by atoms with E-state index >= 15 is 0 Å². The summed E-state index contributed by atoms with van der Waals surface area (Å²) in [5.74, 6) is 2.61. The van der Waals surface area contributed by atoms with Crippen LogP contribution in [0.2, 0.25) is 0 Å². The Balaban J connectivity index is 1.93. The van der Waals surface area contributed by atoms with Gasteiger partial charge in [-0.15, -0.1) is 11.3 Å². The monoisotopic (exact) mass is 345 g/mol. The third-order valence-corrected chi connectivity index (χ3v) is 4.77. The summed E-state index contributed by atoms with van der Waals surface area (Å²) in [5, 5.41) is 8.31. The lowest BCUT2D eigenvalue weighted by Crippen LogP contribution is -2.01. The number of hydrogen-bond donors (Lipinski definition) is 2. The summed E-state index contributed by atoms with van der Waals surface area (Å²) in [6.45, 7) is 2.55. The molecule has 0 saturated heterocycles. The summed E-state index contributed by atoms with van der Waals surface area (Å²) in [6.07, 6.45) is 0.766. The summed E-state index contributed by atoms with van der Waals surface area (Å²) in [6, 6.07) is 5.58. The molecule has 0 radical (unpaired) electrons. The van der Waals surface area contributed by atoms with E-state index in [4.69, 9.17) is 15.2 Å². The third-order valence-electron chi connectivity index (χ3n) is 3.54. The Morgan fingerprint density at radius 2 is 1.96 bits per heavy atom. The van der Waals surface area contributed by atoms with Crippen molar-refractivity contribution in [2.24, 2.45) is 5.73 Å². The van der Waals surface area contributed by atoms with Crippen molar-refractivity contribution in [3.05, 3.63) is 28.9 Å². The summed E-state index contributed by atoms with van der Waals surface area (Å²) >= 11 is 1.59. The first kappa shape index (κ1) is 16.4. The number of hydrogen-bond acceptors (Lipinski definition) is 7. The van der Waals surface area contributed by atoms with Gasteiger partial charge in [-0.05, 0) is 31.7 Å². The molecule has 2 aromatic heterocycles. The highest BCUT2D eigenvalue weighted by Gasteiger charge is 2.15. The largest absolute Gasteiger partial charge is 0.493 e. The summed E-state index contributed by atoms with van der Waals surface area (Å²) in [7, 11) is 3.21. The Morgan fingerprint density at radius 1 is 1.17 bits per heavy atom. The molecule has 0 aliphatic heterocycles. The van der Waals surface area contributed by atoms with Crippen molar-refractivity contribution in [2.45, 2.75) is 13.3 Å². The predicted octanol–water partition coefficient (Wildman–Crippen LogP) is 2.42. The summed E-state index contributed by atoms with van der Waals surface area (Å²) in [4.78, 5) is 10.1. The lowest BCUT2D eigenvalue weighted by atomic mass is 10.2. The Morgan fingerprint density at radius 3 is 2.67 bits per heavy atom. The molecule has 24 heavy (non-hydrogen) atoms. The number of aryl methyl sites for hydroxylation is 1. The average Bonchev–Trinajstić information content (AvgIpc) is 3.21. The van der Waals surface area contributed by atoms with Gasteiger partial charge in [0, 0.05) is 12.0 Å². The molecule has 3 aromatic rings. The zero-order valence-corrected chi connectivity index (χ0v) is 14.6. The van der Waals surface area contributed by atoms with Crippen LogP contribution in [-0.4, -0.2) is 40.9 Å². The van der Waals surface area contributed by atoms with E-state index in [9.17, 15) is 0 Å². The van der Waals surface area contributed by atoms with Crippen molar-refractivity contribution in [2.75, 3.05) is 20.8 Å². The van der Waals surface area contributed by atoms with Crippen LogP contribution in [0.3, 0.4) is 0 Å². The second-order valence-corrected chi connectivity index (χ2v) is 6.22. The Kier molecular flexibility index (Phi) is 4.77. The molecule has 0 unspecified atom stereocenters. The van der Waals surface area contributed by atoms with E-state index in [0.717, 1.165) is 27.6 Å². The Bertz CT molecular complexity index is 843. The van der Waals surface area contributed by atoms with Gasteiger partial charge in [0.15, 0.2) is 23.1 Å². The number of benzene rings is 1. The Hall–Kier alpha value is -2.45. The first-order valence-electron chi connectivity index (χ1n) is 7.47. The summed E-state index contributed by atoms with van der Waals surface area (Å²) < 4.78 is 10.6. The molecular formula is C16H19N5O2S. The van der Waals surface area contributed by atoms with Crippen molar-refractivity contribution in [1.29, 1.82) is 0 Å². The van der Waals surface area contributed by atoms with Gasteiger partial charge in [-0.1, -0.05) is 0 Å². The zero-order valence-electron chi connectivity index (χ0n) is 13.8. The highest BCUT2D eigenvalue weighted by Crippen LogP contribution is 2.33. The molecule has 0 fully saturated rings. The lowest BCUT2D eigenvalue weighted by Gasteiger charge is -2.07. The van der Waals surface area contributed by atoms with E-state index in [1.165, 1.54) is 0 Å². The van der Waals surface area contributed by atoms with Gasteiger partial charge in [0.25, 0.3) is 0 Å². The molecule has 1 aromatic carbocycles. The molecule has 0 amide bonds. The highest BCUT2D eigenvalue weighted by atomic mass is 32.1. The maximum atomic E-state index is 5.60. The molecule has 7 nitrogen and oxygen atoms in total. The topological polar surface area (TPSA) is 98.9 Å². The molecular weight excluding hydrogens is 326 g/mol.